The Labute approximate surface area is 124 Å². The van der Waals surface area contributed by atoms with Gasteiger partial charge in [0.2, 0.25) is 0 Å². The standard InChI is InChI=1S/C15H14BrF2NO/c1-9(19)11-7-10(16)5-6-15(11)20-8-12-13(17)3-2-4-14(12)18/h2-7,9H,8,19H2,1H3/t9-/m1/s1. The summed E-state index contributed by atoms with van der Waals surface area (Å²) in [6.45, 7) is 1.64. The van der Waals surface area contributed by atoms with Crippen molar-refractivity contribution in [1.82, 2.24) is 0 Å². The Bertz CT molecular complexity index is 597. The van der Waals surface area contributed by atoms with Crippen LogP contribution in [0.2, 0.25) is 0 Å². The van der Waals surface area contributed by atoms with Crippen LogP contribution >= 0.6 is 15.9 Å². The van der Waals surface area contributed by atoms with E-state index in [1.807, 2.05) is 13.0 Å². The smallest absolute Gasteiger partial charge is 0.132 e. The fourth-order valence-corrected chi connectivity index (χ4v) is 2.21. The quantitative estimate of drug-likeness (QED) is 0.898. The topological polar surface area (TPSA) is 35.2 Å². The SMILES string of the molecule is C[C@@H](N)c1cc(Br)ccc1OCc1c(F)cccc1F. The van der Waals surface area contributed by atoms with E-state index in [4.69, 9.17) is 10.5 Å². The Balaban J connectivity index is 2.23. The molecule has 2 nitrogen and oxygen atoms in total. The van der Waals surface area contributed by atoms with Crippen LogP contribution in [0, 0.1) is 11.6 Å². The Kier molecular flexibility index (Phi) is 4.73. The van der Waals surface area contributed by atoms with Gasteiger partial charge in [0.15, 0.2) is 0 Å². The van der Waals surface area contributed by atoms with Crippen molar-refractivity contribution in [2.24, 2.45) is 5.73 Å². The number of benzene rings is 2. The van der Waals surface area contributed by atoms with E-state index in [9.17, 15) is 8.78 Å². The third-order valence-electron chi connectivity index (χ3n) is 2.90. The van der Waals surface area contributed by atoms with Gasteiger partial charge in [-0.3, -0.25) is 0 Å². The summed E-state index contributed by atoms with van der Waals surface area (Å²) in [4.78, 5) is 0. The molecule has 0 fully saturated rings. The Morgan fingerprint density at radius 1 is 1.20 bits per heavy atom. The lowest BCUT2D eigenvalue weighted by Crippen LogP contribution is -2.09. The highest BCUT2D eigenvalue weighted by atomic mass is 79.9. The molecule has 0 aliphatic heterocycles. The van der Waals surface area contributed by atoms with Crippen LogP contribution in [0.1, 0.15) is 24.1 Å². The van der Waals surface area contributed by atoms with Crippen LogP contribution in [0.25, 0.3) is 0 Å². The Hall–Kier alpha value is -1.46. The second-order valence-electron chi connectivity index (χ2n) is 4.46. The minimum atomic E-state index is -0.621. The third-order valence-corrected chi connectivity index (χ3v) is 3.39. The molecule has 0 heterocycles. The molecule has 2 aromatic rings. The van der Waals surface area contributed by atoms with Gasteiger partial charge in [-0.05, 0) is 37.3 Å². The van der Waals surface area contributed by atoms with Gasteiger partial charge in [0.05, 0.1) is 5.56 Å². The van der Waals surface area contributed by atoms with Crippen LogP contribution in [-0.4, -0.2) is 0 Å². The first kappa shape index (κ1) is 14.9. The van der Waals surface area contributed by atoms with Gasteiger partial charge in [-0.25, -0.2) is 8.78 Å². The van der Waals surface area contributed by atoms with Crippen molar-refractivity contribution in [3.63, 3.8) is 0 Å². The van der Waals surface area contributed by atoms with E-state index in [-0.39, 0.29) is 18.2 Å². The zero-order chi connectivity index (χ0) is 14.7. The normalized spacial score (nSPS) is 12.2. The van der Waals surface area contributed by atoms with Crippen molar-refractivity contribution in [3.8, 4) is 5.75 Å². The summed E-state index contributed by atoms with van der Waals surface area (Å²) in [6.07, 6.45) is 0. The molecule has 0 aromatic heterocycles. The number of hydrogen-bond acceptors (Lipinski definition) is 2. The maximum Gasteiger partial charge on any atom is 0.132 e. The number of nitrogens with two attached hydrogens (primary N) is 1. The summed E-state index contributed by atoms with van der Waals surface area (Å²) in [7, 11) is 0. The van der Waals surface area contributed by atoms with E-state index in [0.717, 1.165) is 10.0 Å². The van der Waals surface area contributed by atoms with Crippen LogP contribution in [-0.2, 0) is 6.61 Å². The van der Waals surface area contributed by atoms with Gasteiger partial charge >= 0.3 is 0 Å². The van der Waals surface area contributed by atoms with Gasteiger partial charge in [0.1, 0.15) is 24.0 Å². The van der Waals surface area contributed by atoms with E-state index >= 15 is 0 Å². The van der Waals surface area contributed by atoms with E-state index in [1.54, 1.807) is 12.1 Å². The molecule has 0 saturated carbocycles. The van der Waals surface area contributed by atoms with E-state index in [2.05, 4.69) is 15.9 Å². The third kappa shape index (κ3) is 3.35. The average Bonchev–Trinajstić information content (AvgIpc) is 2.39. The fraction of sp³-hybridized carbons (Fsp3) is 0.200. The van der Waals surface area contributed by atoms with Crippen LogP contribution in [0.5, 0.6) is 5.75 Å². The van der Waals surface area contributed by atoms with Gasteiger partial charge in [-0.1, -0.05) is 22.0 Å². The number of ether oxygens (including phenoxy) is 1. The number of halogens is 3. The first-order chi connectivity index (χ1) is 9.49. The molecule has 0 bridgehead atoms. The molecule has 20 heavy (non-hydrogen) atoms. The maximum absolute atomic E-state index is 13.5. The minimum absolute atomic E-state index is 0.0916. The Morgan fingerprint density at radius 2 is 1.85 bits per heavy atom. The summed E-state index contributed by atoms with van der Waals surface area (Å²) in [5.74, 6) is -0.722. The van der Waals surface area contributed by atoms with Crippen molar-refractivity contribution >= 4 is 15.9 Å². The molecule has 0 unspecified atom stereocenters. The predicted molar refractivity (Wildman–Crippen MR) is 77.4 cm³/mol. The first-order valence-electron chi connectivity index (χ1n) is 6.09. The van der Waals surface area contributed by atoms with Crippen molar-refractivity contribution in [2.75, 3.05) is 0 Å². The molecule has 0 spiro atoms. The zero-order valence-corrected chi connectivity index (χ0v) is 12.5. The van der Waals surface area contributed by atoms with Gasteiger partial charge in [0, 0.05) is 16.1 Å². The predicted octanol–water partition coefficient (Wildman–Crippen LogP) is 4.33. The molecule has 0 saturated heterocycles. The van der Waals surface area contributed by atoms with E-state index < -0.39 is 11.6 Å². The monoisotopic (exact) mass is 341 g/mol. The van der Waals surface area contributed by atoms with Crippen LogP contribution in [0.4, 0.5) is 8.78 Å². The second kappa shape index (κ2) is 6.33. The van der Waals surface area contributed by atoms with Crippen molar-refractivity contribution < 1.29 is 13.5 Å². The molecule has 106 valence electrons. The molecule has 0 aliphatic carbocycles. The maximum atomic E-state index is 13.5. The lowest BCUT2D eigenvalue weighted by molar-refractivity contribution is 0.288. The van der Waals surface area contributed by atoms with Crippen molar-refractivity contribution in [2.45, 2.75) is 19.6 Å². The largest absolute Gasteiger partial charge is 0.488 e. The molecule has 0 radical (unpaired) electrons. The molecule has 0 amide bonds. The van der Waals surface area contributed by atoms with Gasteiger partial charge < -0.3 is 10.5 Å². The van der Waals surface area contributed by atoms with Crippen LogP contribution in [0.3, 0.4) is 0 Å². The fourth-order valence-electron chi connectivity index (χ4n) is 1.83. The van der Waals surface area contributed by atoms with Crippen LogP contribution < -0.4 is 10.5 Å². The highest BCUT2D eigenvalue weighted by molar-refractivity contribution is 9.10. The summed E-state index contributed by atoms with van der Waals surface area (Å²) in [5, 5.41) is 0. The molecular formula is C15H14BrF2NO. The highest BCUT2D eigenvalue weighted by Gasteiger charge is 2.12. The van der Waals surface area contributed by atoms with Gasteiger partial charge in [0.25, 0.3) is 0 Å². The summed E-state index contributed by atoms with van der Waals surface area (Å²) in [5.41, 5.74) is 6.55. The molecule has 2 rings (SSSR count). The summed E-state index contributed by atoms with van der Waals surface area (Å²) >= 11 is 3.35. The van der Waals surface area contributed by atoms with Gasteiger partial charge in [-0.15, -0.1) is 0 Å². The number of rotatable bonds is 4. The Morgan fingerprint density at radius 3 is 2.45 bits per heavy atom. The molecule has 2 aromatic carbocycles. The summed E-state index contributed by atoms with van der Waals surface area (Å²) in [6, 6.07) is 8.83. The molecule has 0 aliphatic rings. The summed E-state index contributed by atoms with van der Waals surface area (Å²) < 4.78 is 33.4. The number of hydrogen-bond donors (Lipinski definition) is 1. The lowest BCUT2D eigenvalue weighted by atomic mass is 10.1. The molecule has 5 heteroatoms. The van der Waals surface area contributed by atoms with Crippen molar-refractivity contribution in [3.05, 3.63) is 63.6 Å². The van der Waals surface area contributed by atoms with Crippen molar-refractivity contribution in [1.29, 1.82) is 0 Å². The van der Waals surface area contributed by atoms with E-state index in [0.29, 0.717) is 5.75 Å². The molecule has 1 atom stereocenters. The average molecular weight is 342 g/mol. The second-order valence-corrected chi connectivity index (χ2v) is 5.38. The minimum Gasteiger partial charge on any atom is -0.488 e. The lowest BCUT2D eigenvalue weighted by Gasteiger charge is -2.15. The zero-order valence-electron chi connectivity index (χ0n) is 10.9. The molecule has 2 N–H and O–H groups in total. The first-order valence-corrected chi connectivity index (χ1v) is 6.89. The molecular weight excluding hydrogens is 328 g/mol. The highest BCUT2D eigenvalue weighted by Crippen LogP contribution is 2.28. The van der Waals surface area contributed by atoms with Crippen LogP contribution in [0.15, 0.2) is 40.9 Å². The van der Waals surface area contributed by atoms with E-state index in [1.165, 1.54) is 18.2 Å². The van der Waals surface area contributed by atoms with Gasteiger partial charge in [-0.2, -0.15) is 0 Å².